The third kappa shape index (κ3) is 3.70. The Kier molecular flexibility index (Phi) is 5.63. The van der Waals surface area contributed by atoms with Crippen molar-refractivity contribution in [2.45, 2.75) is 19.8 Å². The van der Waals surface area contributed by atoms with Crippen LogP contribution in [0.25, 0.3) is 0 Å². The van der Waals surface area contributed by atoms with Gasteiger partial charge >= 0.3 is 0 Å². The maximum absolute atomic E-state index is 10.5. The zero-order valence-corrected chi connectivity index (χ0v) is 22.5. The molecule has 6 heteroatoms. The molecule has 7 rings (SSSR count). The van der Waals surface area contributed by atoms with Gasteiger partial charge in [0.2, 0.25) is 0 Å². The number of anilines is 6. The van der Waals surface area contributed by atoms with Gasteiger partial charge in [0.05, 0.1) is 45.3 Å². The molecule has 0 N–H and O–H groups in total. The van der Waals surface area contributed by atoms with E-state index in [1.54, 1.807) is 6.07 Å². The van der Waals surface area contributed by atoms with E-state index >= 15 is 0 Å². The zero-order chi connectivity index (χ0) is 28.1. The molecule has 2 heterocycles. The Morgan fingerprint density at radius 1 is 0.537 bits per heavy atom. The first-order valence-corrected chi connectivity index (χ1v) is 13.4. The lowest BCUT2D eigenvalue weighted by molar-refractivity contribution is 0.476. The van der Waals surface area contributed by atoms with Crippen LogP contribution in [0, 0.1) is 22.7 Å². The third-order valence-corrected chi connectivity index (χ3v) is 7.44. The van der Waals surface area contributed by atoms with Crippen molar-refractivity contribution in [3.8, 4) is 35.1 Å². The van der Waals surface area contributed by atoms with Crippen LogP contribution in [-0.2, 0) is 0 Å². The molecular weight excluding hydrogens is 508 g/mol. The largest absolute Gasteiger partial charge is 0.453 e. The summed E-state index contributed by atoms with van der Waals surface area (Å²) in [6, 6.07) is 37.8. The van der Waals surface area contributed by atoms with Gasteiger partial charge in [0.1, 0.15) is 12.1 Å². The fraction of sp³-hybridized carbons (Fsp3) is 0.0857. The molecule has 0 amide bonds. The average molecular weight is 533 g/mol. The minimum atomic E-state index is -0.0651. The van der Waals surface area contributed by atoms with Crippen molar-refractivity contribution in [3.63, 3.8) is 0 Å². The highest BCUT2D eigenvalue weighted by Crippen LogP contribution is 2.58. The standard InChI is InChI=1S/C35H24N4O2/c1-22(2)33-34(38-25-11-3-7-15-29(25)40-30-16-8-4-12-26(30)38)23(20-36)19-24(21-37)35(33)39-27-13-5-9-17-31(27)41-32-18-10-6-14-28(32)39/h3-19,22H,1-2H3. The van der Waals surface area contributed by atoms with Crippen LogP contribution in [0.3, 0.4) is 0 Å². The molecular formula is C35H24N4O2. The molecule has 5 aromatic carbocycles. The molecule has 0 unspecified atom stereocenters. The first kappa shape index (κ1) is 24.3. The van der Waals surface area contributed by atoms with Gasteiger partial charge in [-0.2, -0.15) is 10.5 Å². The van der Waals surface area contributed by atoms with E-state index in [0.717, 1.165) is 39.7 Å². The highest BCUT2D eigenvalue weighted by molar-refractivity contribution is 5.97. The minimum absolute atomic E-state index is 0.0651. The average Bonchev–Trinajstić information content (AvgIpc) is 3.01. The van der Waals surface area contributed by atoms with Gasteiger partial charge in [0.15, 0.2) is 23.0 Å². The van der Waals surface area contributed by atoms with E-state index in [4.69, 9.17) is 9.47 Å². The number of fused-ring (bicyclic) bond motifs is 4. The van der Waals surface area contributed by atoms with E-state index in [1.165, 1.54) is 0 Å². The number of ether oxygens (including phenoxy) is 2. The van der Waals surface area contributed by atoms with Gasteiger partial charge in [0.25, 0.3) is 0 Å². The highest BCUT2D eigenvalue weighted by atomic mass is 16.5. The van der Waals surface area contributed by atoms with Crippen molar-refractivity contribution in [2.75, 3.05) is 9.80 Å². The second-order valence-electron chi connectivity index (χ2n) is 10.2. The van der Waals surface area contributed by atoms with E-state index in [9.17, 15) is 10.5 Å². The SMILES string of the molecule is CC(C)c1c(N2c3ccccc3Oc3ccccc32)c(C#N)cc(C#N)c1N1c2ccccc2Oc2ccccc21. The van der Waals surface area contributed by atoms with Gasteiger partial charge in [-0.05, 0) is 60.5 Å². The van der Waals surface area contributed by atoms with E-state index in [-0.39, 0.29) is 5.92 Å². The number of para-hydroxylation sites is 8. The Labute approximate surface area is 238 Å². The number of rotatable bonds is 3. The maximum atomic E-state index is 10.5. The van der Waals surface area contributed by atoms with Crippen LogP contribution < -0.4 is 19.3 Å². The quantitative estimate of drug-likeness (QED) is 0.226. The molecule has 0 fully saturated rings. The second kappa shape index (κ2) is 9.48. The topological polar surface area (TPSA) is 72.5 Å². The molecule has 0 aliphatic carbocycles. The molecule has 0 aromatic heterocycles. The van der Waals surface area contributed by atoms with E-state index in [1.807, 2.05) is 97.1 Å². The van der Waals surface area contributed by atoms with Crippen molar-refractivity contribution < 1.29 is 9.47 Å². The number of nitriles is 2. The summed E-state index contributed by atoms with van der Waals surface area (Å²) < 4.78 is 12.6. The monoisotopic (exact) mass is 532 g/mol. The summed E-state index contributed by atoms with van der Waals surface area (Å²) >= 11 is 0. The number of benzene rings is 5. The van der Waals surface area contributed by atoms with Gasteiger partial charge < -0.3 is 19.3 Å². The summed E-state index contributed by atoms with van der Waals surface area (Å²) in [5, 5.41) is 21.1. The summed E-state index contributed by atoms with van der Waals surface area (Å²) in [5.74, 6) is 2.70. The Hall–Kier alpha value is -5.72. The molecule has 5 aromatic rings. The molecule has 2 aliphatic rings. The molecule has 196 valence electrons. The lowest BCUT2D eigenvalue weighted by Crippen LogP contribution is -2.23. The predicted octanol–water partition coefficient (Wildman–Crippen LogP) is 9.70. The molecule has 6 nitrogen and oxygen atoms in total. The summed E-state index contributed by atoms with van der Waals surface area (Å²) in [4.78, 5) is 4.20. The molecule has 0 radical (unpaired) electrons. The summed E-state index contributed by atoms with van der Waals surface area (Å²) in [6.07, 6.45) is 0. The highest BCUT2D eigenvalue weighted by Gasteiger charge is 2.36. The van der Waals surface area contributed by atoms with E-state index in [2.05, 4.69) is 35.8 Å². The van der Waals surface area contributed by atoms with Crippen molar-refractivity contribution in [2.24, 2.45) is 0 Å². The molecule has 0 saturated carbocycles. The van der Waals surface area contributed by atoms with Gasteiger partial charge in [-0.15, -0.1) is 0 Å². The van der Waals surface area contributed by atoms with Crippen molar-refractivity contribution >= 4 is 34.1 Å². The molecule has 41 heavy (non-hydrogen) atoms. The molecule has 0 bridgehead atoms. The fourth-order valence-corrected chi connectivity index (χ4v) is 5.77. The normalized spacial score (nSPS) is 12.6. The predicted molar refractivity (Wildman–Crippen MR) is 159 cm³/mol. The van der Waals surface area contributed by atoms with E-state index in [0.29, 0.717) is 34.1 Å². The molecule has 0 saturated heterocycles. The smallest absolute Gasteiger partial charge is 0.151 e. The van der Waals surface area contributed by atoms with Crippen LogP contribution in [0.15, 0.2) is 103 Å². The Bertz CT molecular complexity index is 1710. The van der Waals surface area contributed by atoms with Crippen LogP contribution in [-0.4, -0.2) is 0 Å². The summed E-state index contributed by atoms with van der Waals surface area (Å²) in [6.45, 7) is 4.20. The second-order valence-corrected chi connectivity index (χ2v) is 10.2. The lowest BCUT2D eigenvalue weighted by Gasteiger charge is -2.39. The van der Waals surface area contributed by atoms with Crippen LogP contribution in [0.2, 0.25) is 0 Å². The molecule has 0 spiro atoms. The van der Waals surface area contributed by atoms with E-state index < -0.39 is 0 Å². The maximum Gasteiger partial charge on any atom is 0.151 e. The van der Waals surface area contributed by atoms with Gasteiger partial charge in [-0.3, -0.25) is 0 Å². The van der Waals surface area contributed by atoms with Crippen molar-refractivity contribution in [1.82, 2.24) is 0 Å². The first-order chi connectivity index (χ1) is 20.1. The number of hydrogen-bond donors (Lipinski definition) is 0. The number of nitrogens with zero attached hydrogens (tertiary/aromatic N) is 4. The van der Waals surface area contributed by atoms with Gasteiger partial charge in [-0.25, -0.2) is 0 Å². The fourth-order valence-electron chi connectivity index (χ4n) is 5.77. The zero-order valence-electron chi connectivity index (χ0n) is 22.5. The molecule has 2 aliphatic heterocycles. The van der Waals surface area contributed by atoms with Crippen molar-refractivity contribution in [3.05, 3.63) is 120 Å². The molecule has 0 atom stereocenters. The van der Waals surface area contributed by atoms with Crippen LogP contribution >= 0.6 is 0 Å². The Balaban J connectivity index is 1.62. The summed E-state index contributed by atoms with van der Waals surface area (Å²) in [5.41, 5.74) is 6.43. The van der Waals surface area contributed by atoms with Gasteiger partial charge in [0, 0.05) is 5.56 Å². The van der Waals surface area contributed by atoms with Crippen LogP contribution in [0.1, 0.15) is 36.5 Å². The first-order valence-electron chi connectivity index (χ1n) is 13.4. The Morgan fingerprint density at radius 3 is 1.15 bits per heavy atom. The van der Waals surface area contributed by atoms with Crippen LogP contribution in [0.4, 0.5) is 34.1 Å². The third-order valence-electron chi connectivity index (χ3n) is 7.44. The van der Waals surface area contributed by atoms with Crippen LogP contribution in [0.5, 0.6) is 23.0 Å². The number of hydrogen-bond acceptors (Lipinski definition) is 6. The lowest BCUT2D eigenvalue weighted by atomic mass is 9.89. The Morgan fingerprint density at radius 2 is 0.854 bits per heavy atom. The minimum Gasteiger partial charge on any atom is -0.453 e. The van der Waals surface area contributed by atoms with Gasteiger partial charge in [-0.1, -0.05) is 62.4 Å². The van der Waals surface area contributed by atoms with Crippen molar-refractivity contribution in [1.29, 1.82) is 10.5 Å². The summed E-state index contributed by atoms with van der Waals surface area (Å²) in [7, 11) is 0.